The Morgan fingerprint density at radius 2 is 1.90 bits per heavy atom. The van der Waals surface area contributed by atoms with Crippen molar-refractivity contribution in [1.82, 2.24) is 9.88 Å². The lowest BCUT2D eigenvalue weighted by atomic mass is 10.1. The van der Waals surface area contributed by atoms with Gasteiger partial charge in [-0.1, -0.05) is 30.3 Å². The highest BCUT2D eigenvalue weighted by Crippen LogP contribution is 2.40. The maximum absolute atomic E-state index is 11.9. The number of benzene rings is 1. The van der Waals surface area contributed by atoms with Crippen LogP contribution < -0.4 is 5.32 Å². The second kappa shape index (κ2) is 5.95. The van der Waals surface area contributed by atoms with E-state index < -0.39 is 0 Å². The molecule has 0 unspecified atom stereocenters. The van der Waals surface area contributed by atoms with Gasteiger partial charge < -0.3 is 9.88 Å². The lowest BCUT2D eigenvalue weighted by Gasteiger charge is -2.06. The molecule has 20 heavy (non-hydrogen) atoms. The highest BCUT2D eigenvalue weighted by molar-refractivity contribution is 5.76. The summed E-state index contributed by atoms with van der Waals surface area (Å²) in [6.07, 6.45) is 6.64. The lowest BCUT2D eigenvalue weighted by molar-refractivity contribution is -0.121. The molecular formula is C17H20N2O. The monoisotopic (exact) mass is 268 g/mol. The fourth-order valence-electron chi connectivity index (χ4n) is 2.64. The molecule has 0 radical (unpaired) electrons. The Morgan fingerprint density at radius 3 is 2.65 bits per heavy atom. The molecule has 0 spiro atoms. The predicted octanol–water partition coefficient (Wildman–Crippen LogP) is 2.94. The molecule has 3 rings (SSSR count). The molecule has 3 nitrogen and oxygen atoms in total. The van der Waals surface area contributed by atoms with Crippen molar-refractivity contribution in [2.24, 2.45) is 0 Å². The molecule has 2 atom stereocenters. The van der Waals surface area contributed by atoms with Crippen LogP contribution in [0.25, 0.3) is 0 Å². The molecule has 0 bridgehead atoms. The van der Waals surface area contributed by atoms with Crippen LogP contribution in [0.3, 0.4) is 0 Å². The molecule has 1 aliphatic carbocycles. The van der Waals surface area contributed by atoms with Crippen LogP contribution in [-0.2, 0) is 11.3 Å². The molecule has 1 saturated carbocycles. The molecule has 2 aromatic rings. The molecule has 1 fully saturated rings. The van der Waals surface area contributed by atoms with Gasteiger partial charge in [0, 0.05) is 37.3 Å². The first-order chi connectivity index (χ1) is 9.83. The number of rotatable bonds is 6. The van der Waals surface area contributed by atoms with E-state index in [1.165, 1.54) is 5.56 Å². The van der Waals surface area contributed by atoms with Crippen molar-refractivity contribution in [2.75, 3.05) is 0 Å². The Hall–Kier alpha value is -2.03. The number of hydrogen-bond acceptors (Lipinski definition) is 1. The third kappa shape index (κ3) is 3.29. The summed E-state index contributed by atoms with van der Waals surface area (Å²) < 4.78 is 2.11. The number of amides is 1. The summed E-state index contributed by atoms with van der Waals surface area (Å²) >= 11 is 0. The zero-order valence-electron chi connectivity index (χ0n) is 11.5. The van der Waals surface area contributed by atoms with Gasteiger partial charge in [0.2, 0.25) is 5.91 Å². The van der Waals surface area contributed by atoms with Gasteiger partial charge in [-0.2, -0.15) is 0 Å². The van der Waals surface area contributed by atoms with E-state index >= 15 is 0 Å². The Balaban J connectivity index is 1.38. The second-order valence-corrected chi connectivity index (χ2v) is 5.45. The van der Waals surface area contributed by atoms with Crippen LogP contribution in [0.5, 0.6) is 0 Å². The average Bonchev–Trinajstić information content (AvgIpc) is 3.02. The van der Waals surface area contributed by atoms with Gasteiger partial charge in [0.1, 0.15) is 0 Å². The van der Waals surface area contributed by atoms with Gasteiger partial charge >= 0.3 is 0 Å². The Morgan fingerprint density at radius 1 is 1.15 bits per heavy atom. The third-order valence-corrected chi connectivity index (χ3v) is 3.85. The van der Waals surface area contributed by atoms with Crippen molar-refractivity contribution in [3.05, 3.63) is 60.4 Å². The highest BCUT2D eigenvalue weighted by Gasteiger charge is 2.39. The summed E-state index contributed by atoms with van der Waals surface area (Å²) in [6, 6.07) is 14.8. The van der Waals surface area contributed by atoms with E-state index in [-0.39, 0.29) is 5.91 Å². The van der Waals surface area contributed by atoms with Crippen LogP contribution in [0.4, 0.5) is 0 Å². The number of aromatic nitrogens is 1. The van der Waals surface area contributed by atoms with Crippen molar-refractivity contribution in [1.29, 1.82) is 0 Å². The third-order valence-electron chi connectivity index (χ3n) is 3.85. The van der Waals surface area contributed by atoms with Crippen LogP contribution in [0, 0.1) is 0 Å². The zero-order chi connectivity index (χ0) is 13.8. The van der Waals surface area contributed by atoms with Crippen LogP contribution in [0.2, 0.25) is 0 Å². The standard InChI is InChI=1S/C17H20N2O/c20-17(9-6-12-19-10-4-5-11-19)18-16-13-15(16)14-7-2-1-3-8-14/h1-5,7-8,10-11,15-16H,6,9,12-13H2,(H,18,20)/t15-,16+/m1/s1. The van der Waals surface area contributed by atoms with Crippen LogP contribution in [0.15, 0.2) is 54.9 Å². The van der Waals surface area contributed by atoms with E-state index in [1.54, 1.807) is 0 Å². The van der Waals surface area contributed by atoms with Crippen LogP contribution in [-0.4, -0.2) is 16.5 Å². The van der Waals surface area contributed by atoms with Crippen molar-refractivity contribution < 1.29 is 4.79 Å². The van der Waals surface area contributed by atoms with E-state index in [0.29, 0.717) is 18.4 Å². The van der Waals surface area contributed by atoms with E-state index in [4.69, 9.17) is 0 Å². The quantitative estimate of drug-likeness (QED) is 0.858. The number of hydrogen-bond donors (Lipinski definition) is 1. The summed E-state index contributed by atoms with van der Waals surface area (Å²) in [5, 5.41) is 3.13. The SMILES string of the molecule is O=C(CCCn1cccc1)N[C@H]1C[C@@H]1c1ccccc1. The van der Waals surface area contributed by atoms with Gasteiger partial charge in [-0.05, 0) is 30.5 Å². The topological polar surface area (TPSA) is 34.0 Å². The van der Waals surface area contributed by atoms with E-state index in [2.05, 4.69) is 34.1 Å². The largest absolute Gasteiger partial charge is 0.354 e. The highest BCUT2D eigenvalue weighted by atomic mass is 16.1. The van der Waals surface area contributed by atoms with Crippen molar-refractivity contribution >= 4 is 5.91 Å². The first-order valence-corrected chi connectivity index (χ1v) is 7.28. The molecule has 0 saturated heterocycles. The maximum Gasteiger partial charge on any atom is 0.220 e. The van der Waals surface area contributed by atoms with E-state index in [9.17, 15) is 4.79 Å². The summed E-state index contributed by atoms with van der Waals surface area (Å²) in [6.45, 7) is 0.910. The molecule has 104 valence electrons. The van der Waals surface area contributed by atoms with Gasteiger partial charge in [0.05, 0.1) is 0 Å². The number of aryl methyl sites for hydroxylation is 1. The molecule has 1 aromatic carbocycles. The lowest BCUT2D eigenvalue weighted by Crippen LogP contribution is -2.26. The van der Waals surface area contributed by atoms with E-state index in [0.717, 1.165) is 19.4 Å². The number of carbonyl (C=O) groups is 1. The normalized spacial score (nSPS) is 20.6. The first kappa shape index (κ1) is 13.0. The minimum atomic E-state index is 0.181. The smallest absolute Gasteiger partial charge is 0.220 e. The Bertz CT molecular complexity index is 548. The molecule has 1 amide bonds. The molecule has 1 aliphatic rings. The number of nitrogens with one attached hydrogen (secondary N) is 1. The van der Waals surface area contributed by atoms with Gasteiger partial charge in [0.15, 0.2) is 0 Å². The molecule has 1 N–H and O–H groups in total. The first-order valence-electron chi connectivity index (χ1n) is 7.28. The number of carbonyl (C=O) groups excluding carboxylic acids is 1. The number of nitrogens with zero attached hydrogens (tertiary/aromatic N) is 1. The molecule has 3 heteroatoms. The van der Waals surface area contributed by atoms with E-state index in [1.807, 2.05) is 30.6 Å². The van der Waals surface area contributed by atoms with Crippen LogP contribution in [0.1, 0.15) is 30.7 Å². The minimum Gasteiger partial charge on any atom is -0.354 e. The van der Waals surface area contributed by atoms with Crippen LogP contribution >= 0.6 is 0 Å². The second-order valence-electron chi connectivity index (χ2n) is 5.45. The van der Waals surface area contributed by atoms with Gasteiger partial charge in [0.25, 0.3) is 0 Å². The Kier molecular flexibility index (Phi) is 3.86. The van der Waals surface area contributed by atoms with Crippen molar-refractivity contribution in [2.45, 2.75) is 37.8 Å². The Labute approximate surface area is 119 Å². The zero-order valence-corrected chi connectivity index (χ0v) is 11.5. The van der Waals surface area contributed by atoms with Gasteiger partial charge in [-0.3, -0.25) is 4.79 Å². The summed E-state index contributed by atoms with van der Waals surface area (Å²) in [5.74, 6) is 0.699. The molecule has 1 heterocycles. The molecule has 1 aromatic heterocycles. The van der Waals surface area contributed by atoms with Crippen molar-refractivity contribution in [3.63, 3.8) is 0 Å². The van der Waals surface area contributed by atoms with Crippen molar-refractivity contribution in [3.8, 4) is 0 Å². The fourth-order valence-corrected chi connectivity index (χ4v) is 2.64. The summed E-state index contributed by atoms with van der Waals surface area (Å²) in [7, 11) is 0. The summed E-state index contributed by atoms with van der Waals surface area (Å²) in [4.78, 5) is 11.9. The summed E-state index contributed by atoms with van der Waals surface area (Å²) in [5.41, 5.74) is 1.34. The molecular weight excluding hydrogens is 248 g/mol. The fraction of sp³-hybridized carbons (Fsp3) is 0.353. The minimum absolute atomic E-state index is 0.181. The average molecular weight is 268 g/mol. The van der Waals surface area contributed by atoms with Gasteiger partial charge in [-0.15, -0.1) is 0 Å². The van der Waals surface area contributed by atoms with Gasteiger partial charge in [-0.25, -0.2) is 0 Å². The molecule has 0 aliphatic heterocycles. The maximum atomic E-state index is 11.9. The predicted molar refractivity (Wildman–Crippen MR) is 79.4 cm³/mol.